The third-order valence-corrected chi connectivity index (χ3v) is 4.84. The van der Waals surface area contributed by atoms with Crippen LogP contribution in [0, 0.1) is 6.92 Å². The monoisotopic (exact) mass is 291 g/mol. The van der Waals surface area contributed by atoms with Crippen molar-refractivity contribution in [1.82, 2.24) is 9.29 Å². The Bertz CT molecular complexity index is 700. The normalized spacial score (nSPS) is 11.8. The van der Waals surface area contributed by atoms with Crippen molar-refractivity contribution in [3.8, 4) is 0 Å². The zero-order valence-corrected chi connectivity index (χ0v) is 12.3. The Labute approximate surface area is 119 Å². The van der Waals surface area contributed by atoms with Gasteiger partial charge in [0.25, 0.3) is 0 Å². The molecule has 5 nitrogen and oxygen atoms in total. The van der Waals surface area contributed by atoms with E-state index < -0.39 is 10.0 Å². The van der Waals surface area contributed by atoms with Crippen molar-refractivity contribution >= 4 is 15.7 Å². The average molecular weight is 291 g/mol. The first kappa shape index (κ1) is 14.5. The van der Waals surface area contributed by atoms with Crippen LogP contribution in [0.15, 0.2) is 47.5 Å². The van der Waals surface area contributed by atoms with Crippen molar-refractivity contribution in [3.05, 3.63) is 53.9 Å². The molecule has 1 heterocycles. The molecule has 20 heavy (non-hydrogen) atoms. The number of hydrogen-bond donors (Lipinski definition) is 1. The molecule has 1 aromatic heterocycles. The molecule has 0 aliphatic heterocycles. The standard InChI is InChI=1S/C14H17N3O2S/c1-11-6-7-14(13(15)9-11)20(18,19)17(2)10-12-5-3-4-8-16-12/h3-9H,10,15H2,1-2H3. The smallest absolute Gasteiger partial charge is 0.245 e. The summed E-state index contributed by atoms with van der Waals surface area (Å²) in [6.45, 7) is 2.07. The number of sulfonamides is 1. The van der Waals surface area contributed by atoms with E-state index in [0.717, 1.165) is 5.56 Å². The van der Waals surface area contributed by atoms with E-state index in [2.05, 4.69) is 4.98 Å². The number of aromatic nitrogens is 1. The molecule has 0 amide bonds. The largest absolute Gasteiger partial charge is 0.398 e. The summed E-state index contributed by atoms with van der Waals surface area (Å²) in [7, 11) is -2.10. The predicted octanol–water partition coefficient (Wildman–Crippen LogP) is 1.79. The van der Waals surface area contributed by atoms with Gasteiger partial charge in [-0.15, -0.1) is 0 Å². The molecule has 0 fully saturated rings. The number of nitrogen functional groups attached to an aromatic ring is 1. The number of benzene rings is 1. The maximum atomic E-state index is 12.5. The minimum absolute atomic E-state index is 0.126. The second-order valence-electron chi connectivity index (χ2n) is 4.62. The van der Waals surface area contributed by atoms with E-state index in [-0.39, 0.29) is 17.1 Å². The summed E-state index contributed by atoms with van der Waals surface area (Å²) in [6, 6.07) is 10.3. The van der Waals surface area contributed by atoms with E-state index in [1.807, 2.05) is 13.0 Å². The number of nitrogens with two attached hydrogens (primary N) is 1. The summed E-state index contributed by atoms with van der Waals surface area (Å²) >= 11 is 0. The van der Waals surface area contributed by atoms with Crippen LogP contribution in [-0.2, 0) is 16.6 Å². The van der Waals surface area contributed by atoms with E-state index in [1.54, 1.807) is 30.5 Å². The van der Waals surface area contributed by atoms with Gasteiger partial charge in [-0.3, -0.25) is 4.98 Å². The zero-order valence-electron chi connectivity index (χ0n) is 11.4. The van der Waals surface area contributed by atoms with Gasteiger partial charge in [-0.1, -0.05) is 12.1 Å². The Morgan fingerprint density at radius 1 is 1.25 bits per heavy atom. The molecule has 0 saturated carbocycles. The first-order valence-electron chi connectivity index (χ1n) is 6.13. The van der Waals surface area contributed by atoms with Gasteiger partial charge in [0.05, 0.1) is 17.9 Å². The summed E-state index contributed by atoms with van der Waals surface area (Å²) in [5.41, 5.74) is 7.69. The van der Waals surface area contributed by atoms with Crippen LogP contribution in [0.5, 0.6) is 0 Å². The molecule has 0 saturated heterocycles. The minimum Gasteiger partial charge on any atom is -0.398 e. The fourth-order valence-electron chi connectivity index (χ4n) is 1.88. The average Bonchev–Trinajstić information content (AvgIpc) is 2.39. The lowest BCUT2D eigenvalue weighted by Crippen LogP contribution is -2.27. The zero-order chi connectivity index (χ0) is 14.8. The molecule has 0 radical (unpaired) electrons. The van der Waals surface area contributed by atoms with Gasteiger partial charge in [-0.05, 0) is 36.8 Å². The third kappa shape index (κ3) is 2.97. The van der Waals surface area contributed by atoms with Gasteiger partial charge in [-0.25, -0.2) is 8.42 Å². The highest BCUT2D eigenvalue weighted by Crippen LogP contribution is 2.23. The summed E-state index contributed by atoms with van der Waals surface area (Å²) in [5, 5.41) is 0. The Hall–Kier alpha value is -1.92. The van der Waals surface area contributed by atoms with Gasteiger partial charge in [0.15, 0.2) is 0 Å². The van der Waals surface area contributed by atoms with Gasteiger partial charge in [0, 0.05) is 13.2 Å². The molecule has 0 atom stereocenters. The molecule has 6 heteroatoms. The maximum absolute atomic E-state index is 12.5. The van der Waals surface area contributed by atoms with Crippen molar-refractivity contribution in [2.75, 3.05) is 12.8 Å². The predicted molar refractivity (Wildman–Crippen MR) is 78.5 cm³/mol. The number of pyridine rings is 1. The van der Waals surface area contributed by atoms with Crippen molar-refractivity contribution in [2.45, 2.75) is 18.4 Å². The van der Waals surface area contributed by atoms with Crippen LogP contribution < -0.4 is 5.73 Å². The van der Waals surface area contributed by atoms with E-state index in [4.69, 9.17) is 5.73 Å². The van der Waals surface area contributed by atoms with Crippen molar-refractivity contribution in [3.63, 3.8) is 0 Å². The minimum atomic E-state index is -3.62. The second-order valence-corrected chi connectivity index (χ2v) is 6.64. The Balaban J connectivity index is 2.30. The molecule has 1 aromatic carbocycles. The molecular weight excluding hydrogens is 274 g/mol. The van der Waals surface area contributed by atoms with Crippen LogP contribution in [0.25, 0.3) is 0 Å². The molecular formula is C14H17N3O2S. The summed E-state index contributed by atoms with van der Waals surface area (Å²) in [4.78, 5) is 4.25. The lowest BCUT2D eigenvalue weighted by atomic mass is 10.2. The van der Waals surface area contributed by atoms with E-state index in [9.17, 15) is 8.42 Å². The fraction of sp³-hybridized carbons (Fsp3) is 0.214. The van der Waals surface area contributed by atoms with Crippen LogP contribution in [0.2, 0.25) is 0 Å². The summed E-state index contributed by atoms with van der Waals surface area (Å²) in [5.74, 6) is 0. The molecule has 2 N–H and O–H groups in total. The highest BCUT2D eigenvalue weighted by molar-refractivity contribution is 7.89. The number of rotatable bonds is 4. The van der Waals surface area contributed by atoms with Crippen LogP contribution in [0.1, 0.15) is 11.3 Å². The van der Waals surface area contributed by atoms with Crippen LogP contribution in [0.4, 0.5) is 5.69 Å². The quantitative estimate of drug-likeness (QED) is 0.871. The first-order chi connectivity index (χ1) is 9.41. The van der Waals surface area contributed by atoms with Gasteiger partial charge in [0.2, 0.25) is 10.0 Å². The van der Waals surface area contributed by atoms with Crippen molar-refractivity contribution in [2.24, 2.45) is 0 Å². The summed E-state index contributed by atoms with van der Waals surface area (Å²) < 4.78 is 26.2. The molecule has 106 valence electrons. The van der Waals surface area contributed by atoms with Crippen LogP contribution in [0.3, 0.4) is 0 Å². The van der Waals surface area contributed by atoms with Crippen LogP contribution in [-0.4, -0.2) is 24.8 Å². The third-order valence-electron chi connectivity index (χ3n) is 2.96. The molecule has 0 aliphatic carbocycles. The number of aryl methyl sites for hydroxylation is 1. The lowest BCUT2D eigenvalue weighted by Gasteiger charge is -2.18. The van der Waals surface area contributed by atoms with Gasteiger partial charge >= 0.3 is 0 Å². The van der Waals surface area contributed by atoms with E-state index >= 15 is 0 Å². The Morgan fingerprint density at radius 2 is 2.00 bits per heavy atom. The number of anilines is 1. The lowest BCUT2D eigenvalue weighted by molar-refractivity contribution is 0.462. The van der Waals surface area contributed by atoms with Crippen molar-refractivity contribution in [1.29, 1.82) is 0 Å². The Kier molecular flexibility index (Phi) is 4.06. The highest BCUT2D eigenvalue weighted by atomic mass is 32.2. The molecule has 0 unspecified atom stereocenters. The SMILES string of the molecule is Cc1ccc(S(=O)(=O)N(C)Cc2ccccn2)c(N)c1. The van der Waals surface area contributed by atoms with Gasteiger partial charge in [0.1, 0.15) is 4.90 Å². The van der Waals surface area contributed by atoms with E-state index in [1.165, 1.54) is 17.4 Å². The van der Waals surface area contributed by atoms with Gasteiger partial charge in [-0.2, -0.15) is 4.31 Å². The maximum Gasteiger partial charge on any atom is 0.245 e. The highest BCUT2D eigenvalue weighted by Gasteiger charge is 2.23. The first-order valence-corrected chi connectivity index (χ1v) is 7.57. The molecule has 2 aromatic rings. The van der Waals surface area contributed by atoms with Crippen molar-refractivity contribution < 1.29 is 8.42 Å². The Morgan fingerprint density at radius 3 is 2.60 bits per heavy atom. The fourth-order valence-corrected chi connectivity index (χ4v) is 3.11. The second kappa shape index (κ2) is 5.60. The number of nitrogens with zero attached hydrogens (tertiary/aromatic N) is 2. The topological polar surface area (TPSA) is 76.3 Å². The van der Waals surface area contributed by atoms with Crippen LogP contribution >= 0.6 is 0 Å². The van der Waals surface area contributed by atoms with Gasteiger partial charge < -0.3 is 5.73 Å². The molecule has 0 spiro atoms. The molecule has 0 bridgehead atoms. The van der Waals surface area contributed by atoms with E-state index in [0.29, 0.717) is 5.69 Å². The number of hydrogen-bond acceptors (Lipinski definition) is 4. The summed E-state index contributed by atoms with van der Waals surface area (Å²) in [6.07, 6.45) is 1.63. The molecule has 0 aliphatic rings. The molecule has 2 rings (SSSR count).